The van der Waals surface area contributed by atoms with Gasteiger partial charge in [-0.3, -0.25) is 10.8 Å². The van der Waals surface area contributed by atoms with Crippen LogP contribution in [0, 0.1) is 10.8 Å². The van der Waals surface area contributed by atoms with Crippen molar-refractivity contribution in [2.45, 2.75) is 0 Å². The standard InChI is InChI=1S/C5H5O2P.2CH5N3/c6-5(7)4-2-1-3-8-4;2*2-1(3)4/h1-3,8H,(H,6,7);2*(H5,2,3,4). The minimum atomic E-state index is -0.798. The van der Waals surface area contributed by atoms with E-state index in [0.717, 1.165) is 0 Å². The van der Waals surface area contributed by atoms with Crippen LogP contribution in [0.1, 0.15) is 10.1 Å². The second-order valence-electron chi connectivity index (χ2n) is 2.30. The number of carboxylic acids is 1. The summed E-state index contributed by atoms with van der Waals surface area (Å²) in [6.07, 6.45) is 0. The molecule has 1 heterocycles. The van der Waals surface area contributed by atoms with Gasteiger partial charge in [-0.25, -0.2) is 4.79 Å². The first-order valence-corrected chi connectivity index (χ1v) is 4.90. The van der Waals surface area contributed by atoms with Gasteiger partial charge in [-0.05, 0) is 11.9 Å². The molecule has 90 valence electrons. The molecule has 1 rings (SSSR count). The summed E-state index contributed by atoms with van der Waals surface area (Å²) in [6, 6.07) is 3.39. The predicted molar refractivity (Wildman–Crippen MR) is 65.1 cm³/mol. The molecule has 0 amide bonds. The molecule has 0 radical (unpaired) electrons. The Morgan fingerprint density at radius 1 is 1.19 bits per heavy atom. The van der Waals surface area contributed by atoms with Gasteiger partial charge >= 0.3 is 5.97 Å². The maximum Gasteiger partial charge on any atom is 0.339 e. The van der Waals surface area contributed by atoms with Gasteiger partial charge in [-0.2, -0.15) is 0 Å². The van der Waals surface area contributed by atoms with Crippen LogP contribution in [0.3, 0.4) is 0 Å². The lowest BCUT2D eigenvalue weighted by molar-refractivity contribution is 0.0702. The zero-order valence-electron chi connectivity index (χ0n) is 8.40. The van der Waals surface area contributed by atoms with Crippen LogP contribution in [-0.2, 0) is 0 Å². The second-order valence-corrected chi connectivity index (χ2v) is 3.46. The first-order chi connectivity index (χ1) is 7.27. The molecule has 0 spiro atoms. The monoisotopic (exact) mass is 246 g/mol. The number of rotatable bonds is 1. The van der Waals surface area contributed by atoms with Crippen molar-refractivity contribution in [3.05, 3.63) is 23.2 Å². The average Bonchev–Trinajstić information content (AvgIpc) is 2.52. The third-order valence-corrected chi connectivity index (χ3v) is 1.88. The van der Waals surface area contributed by atoms with Gasteiger partial charge in [0.1, 0.15) is 0 Å². The van der Waals surface area contributed by atoms with E-state index in [0.29, 0.717) is 13.5 Å². The highest BCUT2D eigenvalue weighted by Crippen LogP contribution is 2.13. The number of hydrogen-bond donors (Lipinski definition) is 7. The first kappa shape index (κ1) is 16.2. The molecule has 0 aliphatic carbocycles. The topological polar surface area (TPSA) is 189 Å². The lowest BCUT2D eigenvalue weighted by Crippen LogP contribution is -2.20. The van der Waals surface area contributed by atoms with E-state index in [9.17, 15) is 4.79 Å². The maximum atomic E-state index is 10.1. The van der Waals surface area contributed by atoms with E-state index in [2.05, 4.69) is 22.9 Å². The van der Waals surface area contributed by atoms with Crippen LogP contribution >= 0.6 is 8.19 Å². The fourth-order valence-corrected chi connectivity index (χ4v) is 1.15. The van der Waals surface area contributed by atoms with Crippen LogP contribution in [-0.4, -0.2) is 23.0 Å². The Bertz CT molecular complexity index is 317. The number of carbonyl (C=O) groups is 1. The molecule has 0 aliphatic rings. The molecule has 0 aliphatic heterocycles. The van der Waals surface area contributed by atoms with Gasteiger partial charge in [0.05, 0.1) is 5.30 Å². The molecule has 8 nitrogen and oxygen atoms in total. The predicted octanol–water partition coefficient (Wildman–Crippen LogP) is -0.907. The van der Waals surface area contributed by atoms with E-state index in [1.165, 1.54) is 0 Å². The van der Waals surface area contributed by atoms with Crippen LogP contribution < -0.4 is 22.9 Å². The number of aromatic carboxylic acids is 1. The zero-order chi connectivity index (χ0) is 13.1. The van der Waals surface area contributed by atoms with Crippen molar-refractivity contribution < 1.29 is 9.90 Å². The normalized spacial score (nSPS) is 8.00. The SMILES string of the molecule is N=C(N)N.N=C(N)N.O=C(O)c1ccc[pH]1. The Balaban J connectivity index is 0. The molecular formula is C7H15N6O2P. The third kappa shape index (κ3) is 17.8. The molecule has 9 heteroatoms. The summed E-state index contributed by atoms with van der Waals surface area (Å²) in [5.41, 5.74) is 17.9. The van der Waals surface area contributed by atoms with Crippen LogP contribution in [0.25, 0.3) is 0 Å². The van der Waals surface area contributed by atoms with Gasteiger partial charge in [0.2, 0.25) is 0 Å². The minimum absolute atomic E-state index is 0.333. The summed E-state index contributed by atoms with van der Waals surface area (Å²) >= 11 is 0. The molecule has 0 fully saturated rings. The fraction of sp³-hybridized carbons (Fsp3) is 0. The Morgan fingerprint density at radius 2 is 1.56 bits per heavy atom. The molecule has 0 bridgehead atoms. The quantitative estimate of drug-likeness (QED) is 0.248. The number of guanidine groups is 2. The molecular weight excluding hydrogens is 231 g/mol. The molecule has 11 N–H and O–H groups in total. The van der Waals surface area contributed by atoms with E-state index in [4.69, 9.17) is 15.9 Å². The highest BCUT2D eigenvalue weighted by molar-refractivity contribution is 7.31. The van der Waals surface area contributed by atoms with Crippen LogP contribution in [0.2, 0.25) is 0 Å². The molecule has 0 saturated heterocycles. The van der Waals surface area contributed by atoms with E-state index in [1.807, 2.05) is 5.80 Å². The largest absolute Gasteiger partial charge is 0.477 e. The number of hydrogen-bond acceptors (Lipinski definition) is 3. The molecule has 0 saturated carbocycles. The van der Waals surface area contributed by atoms with Crippen molar-refractivity contribution >= 4 is 26.1 Å². The summed E-state index contributed by atoms with van der Waals surface area (Å²) < 4.78 is 0. The van der Waals surface area contributed by atoms with Gasteiger partial charge in [-0.1, -0.05) is 6.07 Å². The molecule has 1 aromatic heterocycles. The van der Waals surface area contributed by atoms with Gasteiger partial charge in [0.15, 0.2) is 11.9 Å². The number of nitrogens with one attached hydrogen (secondary N) is 2. The Hall–Kier alpha value is -2.21. The van der Waals surface area contributed by atoms with Gasteiger partial charge in [0.25, 0.3) is 0 Å². The van der Waals surface area contributed by atoms with E-state index >= 15 is 0 Å². The van der Waals surface area contributed by atoms with Crippen LogP contribution in [0.4, 0.5) is 0 Å². The first-order valence-electron chi connectivity index (χ1n) is 3.83. The average molecular weight is 246 g/mol. The van der Waals surface area contributed by atoms with Crippen molar-refractivity contribution in [1.82, 2.24) is 0 Å². The van der Waals surface area contributed by atoms with Crippen LogP contribution in [0.15, 0.2) is 17.9 Å². The summed E-state index contributed by atoms with van der Waals surface area (Å²) in [4.78, 5) is 10.1. The summed E-state index contributed by atoms with van der Waals surface area (Å²) in [7, 11) is 0.361. The number of carboxylic acid groups (broad SMARTS) is 1. The lowest BCUT2D eigenvalue weighted by Gasteiger charge is -1.79. The Kier molecular flexibility index (Phi) is 9.48. The third-order valence-electron chi connectivity index (χ3n) is 0.828. The highest BCUT2D eigenvalue weighted by Gasteiger charge is 1.97. The summed E-state index contributed by atoms with van der Waals surface area (Å²) in [5, 5.41) is 20.9. The van der Waals surface area contributed by atoms with Crippen LogP contribution in [0.5, 0.6) is 0 Å². The summed E-state index contributed by atoms with van der Waals surface area (Å²) in [5.74, 6) is 0.386. The lowest BCUT2D eigenvalue weighted by atomic mass is 10.5. The van der Waals surface area contributed by atoms with Crippen molar-refractivity contribution in [3.63, 3.8) is 0 Å². The van der Waals surface area contributed by atoms with Crippen molar-refractivity contribution in [3.8, 4) is 0 Å². The van der Waals surface area contributed by atoms with E-state index in [-0.39, 0.29) is 11.9 Å². The molecule has 16 heavy (non-hydrogen) atoms. The van der Waals surface area contributed by atoms with E-state index in [1.54, 1.807) is 12.1 Å². The maximum absolute atomic E-state index is 10.1. The van der Waals surface area contributed by atoms with Gasteiger partial charge in [-0.15, -0.1) is 8.19 Å². The molecule has 0 aromatic carbocycles. The Morgan fingerprint density at radius 3 is 1.69 bits per heavy atom. The van der Waals surface area contributed by atoms with Crippen molar-refractivity contribution in [2.24, 2.45) is 22.9 Å². The summed E-state index contributed by atoms with van der Waals surface area (Å²) in [6.45, 7) is 0. The minimum Gasteiger partial charge on any atom is -0.477 e. The second kappa shape index (κ2) is 9.35. The van der Waals surface area contributed by atoms with E-state index < -0.39 is 5.97 Å². The van der Waals surface area contributed by atoms with Gasteiger partial charge < -0.3 is 28.0 Å². The molecule has 1 unspecified atom stereocenters. The highest BCUT2D eigenvalue weighted by atomic mass is 31.0. The molecule has 1 aromatic rings. The van der Waals surface area contributed by atoms with Gasteiger partial charge in [0, 0.05) is 0 Å². The number of nitrogens with two attached hydrogens (primary N) is 4. The molecule has 1 atom stereocenters. The fourth-order valence-electron chi connectivity index (χ4n) is 0.463. The van der Waals surface area contributed by atoms with Crippen molar-refractivity contribution in [1.29, 1.82) is 10.8 Å². The Labute approximate surface area is 93.7 Å². The zero-order valence-corrected chi connectivity index (χ0v) is 9.40. The smallest absolute Gasteiger partial charge is 0.339 e. The van der Waals surface area contributed by atoms with Crippen molar-refractivity contribution in [2.75, 3.05) is 0 Å².